The van der Waals surface area contributed by atoms with Crippen molar-refractivity contribution in [1.82, 2.24) is 15.0 Å². The molecule has 1 N–H and O–H groups in total. The second kappa shape index (κ2) is 7.14. The Morgan fingerprint density at radius 3 is 2.55 bits per heavy atom. The molecule has 1 saturated heterocycles. The van der Waals surface area contributed by atoms with E-state index in [-0.39, 0.29) is 5.84 Å². The molecular weight excluding hydrogens is 394 g/mol. The zero-order valence-corrected chi connectivity index (χ0v) is 16.3. The van der Waals surface area contributed by atoms with Gasteiger partial charge >= 0.3 is 0 Å². The van der Waals surface area contributed by atoms with Gasteiger partial charge < -0.3 is 9.80 Å². The summed E-state index contributed by atoms with van der Waals surface area (Å²) >= 11 is 1.28. The standard InChI is InChI=1S/C20H18F2N6S/c21-15-5-3-12(11-24-15)28-10-7-14-17(19(28)23)29-20(25-14)13-4-6-16(26-18(13)22)27-8-1-2-9-27/h3-6,11,23H,1-2,7-10H2. The maximum absolute atomic E-state index is 14.8. The number of hydrogen-bond acceptors (Lipinski definition) is 6. The van der Waals surface area contributed by atoms with Crippen LogP contribution in [0.2, 0.25) is 0 Å². The topological polar surface area (TPSA) is 69.0 Å². The molecule has 0 amide bonds. The van der Waals surface area contributed by atoms with Crippen molar-refractivity contribution in [3.63, 3.8) is 0 Å². The zero-order valence-electron chi connectivity index (χ0n) is 15.5. The molecule has 9 heteroatoms. The van der Waals surface area contributed by atoms with Gasteiger partial charge in [0.1, 0.15) is 16.7 Å². The van der Waals surface area contributed by atoms with E-state index in [2.05, 4.69) is 19.9 Å². The monoisotopic (exact) mass is 412 g/mol. The van der Waals surface area contributed by atoms with Crippen LogP contribution in [-0.2, 0) is 6.42 Å². The Bertz CT molecular complexity index is 1080. The van der Waals surface area contributed by atoms with Crippen molar-refractivity contribution in [1.29, 1.82) is 5.41 Å². The molecule has 0 radical (unpaired) electrons. The first-order chi connectivity index (χ1) is 14.1. The summed E-state index contributed by atoms with van der Waals surface area (Å²) in [7, 11) is 0. The first kappa shape index (κ1) is 18.1. The van der Waals surface area contributed by atoms with E-state index in [1.165, 1.54) is 23.6 Å². The van der Waals surface area contributed by atoms with Crippen molar-refractivity contribution in [3.05, 3.63) is 52.9 Å². The second-order valence-electron chi connectivity index (χ2n) is 7.09. The van der Waals surface area contributed by atoms with Gasteiger partial charge in [-0.2, -0.15) is 8.78 Å². The first-order valence-corrected chi connectivity index (χ1v) is 10.3. The van der Waals surface area contributed by atoms with E-state index in [1.54, 1.807) is 17.0 Å². The summed E-state index contributed by atoms with van der Waals surface area (Å²) in [5, 5.41) is 9.08. The summed E-state index contributed by atoms with van der Waals surface area (Å²) in [6, 6.07) is 6.45. The number of halogens is 2. The van der Waals surface area contributed by atoms with E-state index in [1.807, 2.05) is 6.07 Å². The minimum atomic E-state index is -0.557. The van der Waals surface area contributed by atoms with Gasteiger partial charge in [-0.05, 0) is 37.1 Å². The molecule has 2 aliphatic rings. The number of nitrogens with zero attached hydrogens (tertiary/aromatic N) is 5. The van der Waals surface area contributed by atoms with Gasteiger partial charge in [0.25, 0.3) is 0 Å². The van der Waals surface area contributed by atoms with E-state index < -0.39 is 11.9 Å². The van der Waals surface area contributed by atoms with Crippen molar-refractivity contribution in [3.8, 4) is 10.6 Å². The fourth-order valence-corrected chi connectivity index (χ4v) is 4.85. The minimum absolute atomic E-state index is 0.269. The summed E-state index contributed by atoms with van der Waals surface area (Å²) in [5.74, 6) is -0.164. The van der Waals surface area contributed by atoms with Crippen molar-refractivity contribution >= 4 is 28.7 Å². The molecule has 148 valence electrons. The second-order valence-corrected chi connectivity index (χ2v) is 8.09. The van der Waals surface area contributed by atoms with Crippen molar-refractivity contribution in [2.24, 2.45) is 0 Å². The number of amidine groups is 1. The van der Waals surface area contributed by atoms with Gasteiger partial charge in [-0.3, -0.25) is 5.41 Å². The van der Waals surface area contributed by atoms with Crippen molar-refractivity contribution in [2.45, 2.75) is 19.3 Å². The minimum Gasteiger partial charge on any atom is -0.357 e. The van der Waals surface area contributed by atoms with Crippen molar-refractivity contribution in [2.75, 3.05) is 29.4 Å². The smallest absolute Gasteiger partial charge is 0.225 e. The van der Waals surface area contributed by atoms with E-state index in [9.17, 15) is 8.78 Å². The molecule has 29 heavy (non-hydrogen) atoms. The third kappa shape index (κ3) is 3.25. The Balaban J connectivity index is 1.44. The number of hydrogen-bond donors (Lipinski definition) is 1. The molecule has 5 rings (SSSR count). The van der Waals surface area contributed by atoms with E-state index in [4.69, 9.17) is 5.41 Å². The molecular formula is C20H18F2N6S. The van der Waals surface area contributed by atoms with Gasteiger partial charge in [0, 0.05) is 26.1 Å². The SMILES string of the molecule is N=C1c2sc(-c3ccc(N4CCCC4)nc3F)nc2CCN1c1ccc(F)nc1. The molecule has 0 unspecified atom stereocenters. The number of aromatic nitrogens is 3. The van der Waals surface area contributed by atoms with Gasteiger partial charge in [-0.15, -0.1) is 11.3 Å². The third-order valence-corrected chi connectivity index (χ3v) is 6.41. The number of thiazole rings is 1. The van der Waals surface area contributed by atoms with Crippen LogP contribution in [0.5, 0.6) is 0 Å². The lowest BCUT2D eigenvalue weighted by atomic mass is 10.1. The van der Waals surface area contributed by atoms with Crippen LogP contribution >= 0.6 is 11.3 Å². The average molecular weight is 412 g/mol. The highest BCUT2D eigenvalue weighted by atomic mass is 32.1. The van der Waals surface area contributed by atoms with Crippen molar-refractivity contribution < 1.29 is 8.78 Å². The molecule has 5 heterocycles. The normalized spacial score (nSPS) is 16.4. The van der Waals surface area contributed by atoms with Crippen LogP contribution in [0, 0.1) is 17.3 Å². The maximum Gasteiger partial charge on any atom is 0.225 e. The first-order valence-electron chi connectivity index (χ1n) is 9.50. The summed E-state index contributed by atoms with van der Waals surface area (Å²) in [4.78, 5) is 16.9. The molecule has 0 aliphatic carbocycles. The van der Waals surface area contributed by atoms with Gasteiger partial charge in [0.05, 0.1) is 28.0 Å². The van der Waals surface area contributed by atoms with Crippen LogP contribution in [0.15, 0.2) is 30.5 Å². The van der Waals surface area contributed by atoms with Crippen LogP contribution in [-0.4, -0.2) is 40.4 Å². The fraction of sp³-hybridized carbons (Fsp3) is 0.300. The predicted molar refractivity (Wildman–Crippen MR) is 109 cm³/mol. The Kier molecular flexibility index (Phi) is 4.46. The number of rotatable bonds is 3. The van der Waals surface area contributed by atoms with Gasteiger partial charge in [-0.25, -0.2) is 15.0 Å². The number of fused-ring (bicyclic) bond motifs is 1. The molecule has 3 aromatic rings. The Morgan fingerprint density at radius 1 is 1.00 bits per heavy atom. The molecule has 0 spiro atoms. The van der Waals surface area contributed by atoms with E-state index in [0.717, 1.165) is 31.6 Å². The van der Waals surface area contributed by atoms with Crippen LogP contribution in [0.25, 0.3) is 10.6 Å². The Hall–Kier alpha value is -2.94. The molecule has 6 nitrogen and oxygen atoms in total. The lowest BCUT2D eigenvalue weighted by Gasteiger charge is -2.28. The number of pyridine rings is 2. The van der Waals surface area contributed by atoms with E-state index in [0.29, 0.717) is 39.9 Å². The Morgan fingerprint density at radius 2 is 1.83 bits per heavy atom. The maximum atomic E-state index is 14.8. The third-order valence-electron chi connectivity index (χ3n) is 5.27. The highest BCUT2D eigenvalue weighted by Gasteiger charge is 2.28. The van der Waals surface area contributed by atoms with Crippen LogP contribution < -0.4 is 9.80 Å². The molecule has 3 aromatic heterocycles. The average Bonchev–Trinajstić information content (AvgIpc) is 3.39. The fourth-order valence-electron chi connectivity index (χ4n) is 3.77. The van der Waals surface area contributed by atoms with Crippen LogP contribution in [0.3, 0.4) is 0 Å². The molecule has 0 saturated carbocycles. The lowest BCUT2D eigenvalue weighted by molar-refractivity contribution is 0.583. The quantitative estimate of drug-likeness (QED) is 0.662. The summed E-state index contributed by atoms with van der Waals surface area (Å²) in [6.45, 7) is 2.35. The molecule has 1 fully saturated rings. The largest absolute Gasteiger partial charge is 0.357 e. The molecule has 0 bridgehead atoms. The van der Waals surface area contributed by atoms with Gasteiger partial charge in [-0.1, -0.05) is 0 Å². The van der Waals surface area contributed by atoms with E-state index >= 15 is 0 Å². The lowest BCUT2D eigenvalue weighted by Crippen LogP contribution is -2.37. The molecule has 2 aliphatic heterocycles. The highest BCUT2D eigenvalue weighted by Crippen LogP contribution is 2.34. The Labute approximate surface area is 170 Å². The zero-order chi connectivity index (χ0) is 20.0. The molecule has 0 atom stereocenters. The van der Waals surface area contributed by atoms with Crippen LogP contribution in [0.1, 0.15) is 23.4 Å². The van der Waals surface area contributed by atoms with Gasteiger partial charge in [0.2, 0.25) is 11.9 Å². The molecule has 0 aromatic carbocycles. The van der Waals surface area contributed by atoms with Gasteiger partial charge in [0.15, 0.2) is 0 Å². The number of nitrogens with one attached hydrogen (secondary N) is 1. The highest BCUT2D eigenvalue weighted by molar-refractivity contribution is 7.17. The predicted octanol–water partition coefficient (Wildman–Crippen LogP) is 3.87. The summed E-state index contributed by atoms with van der Waals surface area (Å²) in [6.07, 6.45) is 4.24. The summed E-state index contributed by atoms with van der Waals surface area (Å²) < 4.78 is 27.9. The van der Waals surface area contributed by atoms with Crippen LogP contribution in [0.4, 0.5) is 20.3 Å². The summed E-state index contributed by atoms with van der Waals surface area (Å²) in [5.41, 5.74) is 1.79. The number of anilines is 2.